The summed E-state index contributed by atoms with van der Waals surface area (Å²) in [4.78, 5) is 23.7. The minimum atomic E-state index is -0.483. The Bertz CT molecular complexity index is 567. The molecule has 6 nitrogen and oxygen atoms in total. The largest absolute Gasteiger partial charge is 0.460 e. The Balaban J connectivity index is 2.63. The van der Waals surface area contributed by atoms with Gasteiger partial charge in [-0.15, -0.1) is 0 Å². The van der Waals surface area contributed by atoms with E-state index >= 15 is 0 Å². The highest BCUT2D eigenvalue weighted by atomic mass is 35.5. The van der Waals surface area contributed by atoms with Crippen LogP contribution in [0, 0.1) is 0 Å². The number of hydrogen-bond donors (Lipinski definition) is 0. The number of aryl methyl sites for hydroxylation is 1. The van der Waals surface area contributed by atoms with Crippen LogP contribution in [0.5, 0.6) is 0 Å². The molecule has 0 aliphatic carbocycles. The molecule has 0 amide bonds. The second kappa shape index (κ2) is 4.67. The minimum absolute atomic E-state index is 0.201. The Morgan fingerprint density at radius 1 is 1.47 bits per heavy atom. The summed E-state index contributed by atoms with van der Waals surface area (Å²) >= 11 is 5.90. The van der Waals surface area contributed by atoms with Gasteiger partial charge in [0, 0.05) is 6.54 Å². The molecule has 0 aliphatic heterocycles. The van der Waals surface area contributed by atoms with Crippen LogP contribution in [0.2, 0.25) is 5.15 Å². The van der Waals surface area contributed by atoms with Gasteiger partial charge in [0.15, 0.2) is 10.8 Å². The molecule has 0 spiro atoms. The van der Waals surface area contributed by atoms with Crippen LogP contribution in [0.25, 0.3) is 11.2 Å². The Hall–Kier alpha value is -1.69. The highest BCUT2D eigenvalue weighted by Gasteiger charge is 2.20. The summed E-state index contributed by atoms with van der Waals surface area (Å²) in [6, 6.07) is 0. The average Bonchev–Trinajstić information content (AvgIpc) is 2.69. The molecule has 2 rings (SSSR count). The first-order valence-corrected chi connectivity index (χ1v) is 5.60. The number of aromatic nitrogens is 4. The van der Waals surface area contributed by atoms with Crippen LogP contribution in [0.1, 0.15) is 24.5 Å². The predicted octanol–water partition coefficient (Wildman–Crippen LogP) is 1.68. The number of esters is 1. The van der Waals surface area contributed by atoms with Crippen LogP contribution >= 0.6 is 11.6 Å². The summed E-state index contributed by atoms with van der Waals surface area (Å²) in [5.74, 6) is -0.282. The van der Waals surface area contributed by atoms with Crippen molar-refractivity contribution in [3.05, 3.63) is 17.3 Å². The highest BCUT2D eigenvalue weighted by molar-refractivity contribution is 6.33. The van der Waals surface area contributed by atoms with Crippen molar-refractivity contribution in [2.24, 2.45) is 0 Å². The van der Waals surface area contributed by atoms with Gasteiger partial charge in [0.1, 0.15) is 11.8 Å². The van der Waals surface area contributed by atoms with Gasteiger partial charge in [-0.3, -0.25) is 0 Å². The molecule has 0 bridgehead atoms. The standard InChI is InChI=1S/C10H11ClN4O2/c1-3-15-8-6(7(11)12-5-13-8)14-9(15)10(16)17-4-2/h5H,3-4H2,1-2H3. The first-order valence-electron chi connectivity index (χ1n) is 5.22. The maximum atomic E-state index is 11.7. The van der Waals surface area contributed by atoms with Crippen LogP contribution < -0.4 is 0 Å². The second-order valence-corrected chi connectivity index (χ2v) is 3.59. The molecule has 0 N–H and O–H groups in total. The maximum Gasteiger partial charge on any atom is 0.374 e. The number of hydrogen-bond acceptors (Lipinski definition) is 5. The van der Waals surface area contributed by atoms with Crippen molar-refractivity contribution in [2.45, 2.75) is 20.4 Å². The number of ether oxygens (including phenoxy) is 1. The van der Waals surface area contributed by atoms with Crippen molar-refractivity contribution in [1.29, 1.82) is 0 Å². The van der Waals surface area contributed by atoms with E-state index in [0.717, 1.165) is 0 Å². The zero-order valence-electron chi connectivity index (χ0n) is 9.47. The molecular formula is C10H11ClN4O2. The third-order valence-electron chi connectivity index (χ3n) is 2.26. The number of imidazole rings is 1. The molecule has 0 unspecified atom stereocenters. The van der Waals surface area contributed by atoms with Crippen molar-refractivity contribution in [1.82, 2.24) is 19.5 Å². The van der Waals surface area contributed by atoms with Crippen molar-refractivity contribution in [2.75, 3.05) is 6.61 Å². The summed E-state index contributed by atoms with van der Waals surface area (Å²) in [6.45, 7) is 4.48. The lowest BCUT2D eigenvalue weighted by Crippen LogP contribution is -2.13. The van der Waals surface area contributed by atoms with Crippen molar-refractivity contribution in [3.63, 3.8) is 0 Å². The van der Waals surface area contributed by atoms with Gasteiger partial charge >= 0.3 is 5.97 Å². The second-order valence-electron chi connectivity index (χ2n) is 3.24. The van der Waals surface area contributed by atoms with E-state index in [9.17, 15) is 4.79 Å². The predicted molar refractivity (Wildman–Crippen MR) is 62.0 cm³/mol. The molecule has 90 valence electrons. The molecule has 0 atom stereocenters. The number of carbonyl (C=O) groups excluding carboxylic acids is 1. The summed E-state index contributed by atoms with van der Waals surface area (Å²) in [6.07, 6.45) is 1.34. The Labute approximate surface area is 103 Å². The number of fused-ring (bicyclic) bond motifs is 1. The first kappa shape index (κ1) is 11.8. The fourth-order valence-electron chi connectivity index (χ4n) is 1.56. The molecule has 2 aromatic heterocycles. The molecule has 0 saturated heterocycles. The van der Waals surface area contributed by atoms with Gasteiger partial charge in [0.25, 0.3) is 0 Å². The van der Waals surface area contributed by atoms with E-state index in [1.807, 2.05) is 6.92 Å². The molecule has 0 aliphatic rings. The molecule has 7 heteroatoms. The van der Waals surface area contributed by atoms with E-state index in [1.54, 1.807) is 11.5 Å². The summed E-state index contributed by atoms with van der Waals surface area (Å²) in [5, 5.41) is 0.229. The zero-order valence-corrected chi connectivity index (χ0v) is 10.2. The van der Waals surface area contributed by atoms with Gasteiger partial charge in [-0.2, -0.15) is 0 Å². The average molecular weight is 255 g/mol. The Morgan fingerprint density at radius 2 is 2.24 bits per heavy atom. The van der Waals surface area contributed by atoms with E-state index in [2.05, 4.69) is 15.0 Å². The summed E-state index contributed by atoms with van der Waals surface area (Å²) in [5.41, 5.74) is 0.953. The Kier molecular flexibility index (Phi) is 3.23. The van der Waals surface area contributed by atoms with Gasteiger partial charge < -0.3 is 9.30 Å². The van der Waals surface area contributed by atoms with E-state index < -0.39 is 5.97 Å². The fourth-order valence-corrected chi connectivity index (χ4v) is 1.73. The molecule has 2 aromatic rings. The van der Waals surface area contributed by atoms with Crippen LogP contribution in [0.15, 0.2) is 6.33 Å². The van der Waals surface area contributed by atoms with Crippen LogP contribution in [0.3, 0.4) is 0 Å². The monoisotopic (exact) mass is 254 g/mol. The van der Waals surface area contributed by atoms with Crippen LogP contribution in [0.4, 0.5) is 0 Å². The van der Waals surface area contributed by atoms with Crippen molar-refractivity contribution < 1.29 is 9.53 Å². The van der Waals surface area contributed by atoms with Gasteiger partial charge in [0.05, 0.1) is 6.61 Å². The molecule has 17 heavy (non-hydrogen) atoms. The third-order valence-corrected chi connectivity index (χ3v) is 2.54. The SMILES string of the molecule is CCOC(=O)c1nc2c(Cl)ncnc2n1CC. The molecule has 0 saturated carbocycles. The molecule has 0 aromatic carbocycles. The smallest absolute Gasteiger partial charge is 0.374 e. The first-order chi connectivity index (χ1) is 8.19. The normalized spacial score (nSPS) is 10.8. The lowest BCUT2D eigenvalue weighted by molar-refractivity contribution is 0.0507. The molecule has 0 radical (unpaired) electrons. The summed E-state index contributed by atoms with van der Waals surface area (Å²) in [7, 11) is 0. The topological polar surface area (TPSA) is 69.9 Å². The van der Waals surface area contributed by atoms with Gasteiger partial charge in [-0.1, -0.05) is 11.6 Å². The van der Waals surface area contributed by atoms with Gasteiger partial charge in [-0.25, -0.2) is 19.7 Å². The Morgan fingerprint density at radius 3 is 2.88 bits per heavy atom. The quantitative estimate of drug-likeness (QED) is 0.616. The summed E-state index contributed by atoms with van der Waals surface area (Å²) < 4.78 is 6.58. The lowest BCUT2D eigenvalue weighted by atomic mass is 10.5. The number of carbonyl (C=O) groups is 1. The minimum Gasteiger partial charge on any atom is -0.460 e. The maximum absolute atomic E-state index is 11.7. The number of rotatable bonds is 3. The van der Waals surface area contributed by atoms with Crippen LogP contribution in [-0.4, -0.2) is 32.1 Å². The van der Waals surface area contributed by atoms with E-state index in [4.69, 9.17) is 16.3 Å². The van der Waals surface area contributed by atoms with E-state index in [0.29, 0.717) is 24.3 Å². The fraction of sp³-hybridized carbons (Fsp3) is 0.400. The number of halogens is 1. The van der Waals surface area contributed by atoms with Gasteiger partial charge in [-0.05, 0) is 13.8 Å². The van der Waals surface area contributed by atoms with Crippen LogP contribution in [-0.2, 0) is 11.3 Å². The third kappa shape index (κ3) is 1.95. The molecule has 2 heterocycles. The molecular weight excluding hydrogens is 244 g/mol. The van der Waals surface area contributed by atoms with E-state index in [1.165, 1.54) is 6.33 Å². The molecule has 0 fully saturated rings. The van der Waals surface area contributed by atoms with Gasteiger partial charge in [0.2, 0.25) is 5.82 Å². The van der Waals surface area contributed by atoms with Crippen molar-refractivity contribution in [3.8, 4) is 0 Å². The number of nitrogens with zero attached hydrogens (tertiary/aromatic N) is 4. The zero-order chi connectivity index (χ0) is 12.4. The highest BCUT2D eigenvalue weighted by Crippen LogP contribution is 2.20. The van der Waals surface area contributed by atoms with Crippen molar-refractivity contribution >= 4 is 28.7 Å². The lowest BCUT2D eigenvalue weighted by Gasteiger charge is -2.03. The van der Waals surface area contributed by atoms with E-state index in [-0.39, 0.29) is 11.0 Å².